The number of nitrogens with one attached hydrogen (secondary N) is 2. The quantitative estimate of drug-likeness (QED) is 0.794. The highest BCUT2D eigenvalue weighted by atomic mass is 32.2. The SMILES string of the molecule is CCCNC(=O)c1ccccc1NS(=O)(=O)c1ccc2c(c1)CC(=O)N2C. The fourth-order valence-corrected chi connectivity index (χ4v) is 4.05. The van der Waals surface area contributed by atoms with Crippen molar-refractivity contribution >= 4 is 33.2 Å². The molecule has 0 radical (unpaired) electrons. The summed E-state index contributed by atoms with van der Waals surface area (Å²) in [7, 11) is -2.25. The largest absolute Gasteiger partial charge is 0.352 e. The van der Waals surface area contributed by atoms with Gasteiger partial charge in [-0.05, 0) is 42.3 Å². The van der Waals surface area contributed by atoms with E-state index in [1.165, 1.54) is 17.0 Å². The maximum atomic E-state index is 12.8. The summed E-state index contributed by atoms with van der Waals surface area (Å²) in [4.78, 5) is 25.6. The number of fused-ring (bicyclic) bond motifs is 1. The molecule has 0 atom stereocenters. The molecule has 27 heavy (non-hydrogen) atoms. The normalized spacial score (nSPS) is 13.4. The molecule has 0 saturated carbocycles. The number of likely N-dealkylation sites (N-methyl/N-ethyl adjacent to an activating group) is 1. The second-order valence-corrected chi connectivity index (χ2v) is 8.01. The molecule has 2 N–H and O–H groups in total. The Bertz CT molecular complexity index is 1000. The maximum Gasteiger partial charge on any atom is 0.261 e. The van der Waals surface area contributed by atoms with Crippen LogP contribution in [0, 0.1) is 0 Å². The van der Waals surface area contributed by atoms with Gasteiger partial charge in [0.2, 0.25) is 5.91 Å². The Morgan fingerprint density at radius 3 is 2.67 bits per heavy atom. The average Bonchev–Trinajstić information content (AvgIpc) is 2.93. The molecule has 8 heteroatoms. The van der Waals surface area contributed by atoms with Gasteiger partial charge in [-0.1, -0.05) is 19.1 Å². The van der Waals surface area contributed by atoms with E-state index in [1.807, 2.05) is 6.92 Å². The van der Waals surface area contributed by atoms with Gasteiger partial charge in [0, 0.05) is 19.3 Å². The Kier molecular flexibility index (Phi) is 5.18. The van der Waals surface area contributed by atoms with Gasteiger partial charge in [-0.3, -0.25) is 14.3 Å². The lowest BCUT2D eigenvalue weighted by molar-refractivity contribution is -0.117. The van der Waals surface area contributed by atoms with Gasteiger partial charge in [0.1, 0.15) is 0 Å². The molecule has 3 rings (SSSR count). The molecule has 2 aromatic rings. The molecule has 0 unspecified atom stereocenters. The highest BCUT2D eigenvalue weighted by Crippen LogP contribution is 2.30. The molecular formula is C19H21N3O4S. The summed E-state index contributed by atoms with van der Waals surface area (Å²) in [6, 6.07) is 11.0. The topological polar surface area (TPSA) is 95.6 Å². The predicted octanol–water partition coefficient (Wildman–Crippen LogP) is 2.15. The van der Waals surface area contributed by atoms with E-state index in [1.54, 1.807) is 37.4 Å². The molecule has 0 bridgehead atoms. The van der Waals surface area contributed by atoms with Crippen LogP contribution in [0.5, 0.6) is 0 Å². The first-order valence-electron chi connectivity index (χ1n) is 8.63. The van der Waals surface area contributed by atoms with E-state index >= 15 is 0 Å². The van der Waals surface area contributed by atoms with Crippen LogP contribution >= 0.6 is 0 Å². The third-order valence-corrected chi connectivity index (χ3v) is 5.75. The summed E-state index contributed by atoms with van der Waals surface area (Å²) in [6.07, 6.45) is 0.952. The Morgan fingerprint density at radius 1 is 1.19 bits per heavy atom. The third-order valence-electron chi connectivity index (χ3n) is 4.39. The first-order chi connectivity index (χ1) is 12.8. The molecule has 1 aliphatic rings. The van der Waals surface area contributed by atoms with Crippen LogP contribution in [0.15, 0.2) is 47.4 Å². The van der Waals surface area contributed by atoms with Gasteiger partial charge in [0.25, 0.3) is 15.9 Å². The van der Waals surface area contributed by atoms with Crippen molar-refractivity contribution in [1.82, 2.24) is 5.32 Å². The van der Waals surface area contributed by atoms with E-state index in [-0.39, 0.29) is 34.4 Å². The molecule has 142 valence electrons. The number of nitrogens with zero attached hydrogens (tertiary/aromatic N) is 1. The second kappa shape index (κ2) is 7.40. The van der Waals surface area contributed by atoms with Gasteiger partial charge in [-0.15, -0.1) is 0 Å². The standard InChI is InChI=1S/C19H21N3O4S/c1-3-10-20-19(24)15-6-4-5-7-16(15)21-27(25,26)14-8-9-17-13(11-14)12-18(23)22(17)2/h4-9,11,21H,3,10,12H2,1-2H3,(H,20,24). The summed E-state index contributed by atoms with van der Waals surface area (Å²) in [5, 5.41) is 2.74. The number of anilines is 2. The zero-order chi connectivity index (χ0) is 19.6. The van der Waals surface area contributed by atoms with E-state index in [0.717, 1.165) is 6.42 Å². The Balaban J connectivity index is 1.89. The van der Waals surface area contributed by atoms with Crippen LogP contribution in [0.3, 0.4) is 0 Å². The molecule has 0 fully saturated rings. The van der Waals surface area contributed by atoms with Gasteiger partial charge in [0.05, 0.1) is 22.6 Å². The summed E-state index contributed by atoms with van der Waals surface area (Å²) < 4.78 is 28.1. The van der Waals surface area contributed by atoms with Gasteiger partial charge in [-0.2, -0.15) is 0 Å². The van der Waals surface area contributed by atoms with Gasteiger partial charge >= 0.3 is 0 Å². The minimum Gasteiger partial charge on any atom is -0.352 e. The van der Waals surface area contributed by atoms with Crippen molar-refractivity contribution < 1.29 is 18.0 Å². The van der Waals surface area contributed by atoms with Crippen molar-refractivity contribution in [2.75, 3.05) is 23.2 Å². The fraction of sp³-hybridized carbons (Fsp3) is 0.263. The van der Waals surface area contributed by atoms with Crippen LogP contribution in [0.25, 0.3) is 0 Å². The van der Waals surface area contributed by atoms with Crippen LogP contribution in [0.2, 0.25) is 0 Å². The summed E-state index contributed by atoms with van der Waals surface area (Å²) >= 11 is 0. The molecule has 2 aromatic carbocycles. The van der Waals surface area contributed by atoms with E-state index in [2.05, 4.69) is 10.0 Å². The molecule has 1 aliphatic heterocycles. The molecule has 0 spiro atoms. The molecule has 0 aliphatic carbocycles. The smallest absolute Gasteiger partial charge is 0.261 e. The van der Waals surface area contributed by atoms with Crippen LogP contribution in [0.1, 0.15) is 29.3 Å². The maximum absolute atomic E-state index is 12.8. The number of hydrogen-bond donors (Lipinski definition) is 2. The number of hydrogen-bond acceptors (Lipinski definition) is 4. The lowest BCUT2D eigenvalue weighted by atomic mass is 10.1. The van der Waals surface area contributed by atoms with Crippen LogP contribution in [-0.2, 0) is 21.2 Å². The Labute approximate surface area is 158 Å². The predicted molar refractivity (Wildman–Crippen MR) is 103 cm³/mol. The first-order valence-corrected chi connectivity index (χ1v) is 10.1. The van der Waals surface area contributed by atoms with Crippen LogP contribution in [0.4, 0.5) is 11.4 Å². The average molecular weight is 387 g/mol. The minimum absolute atomic E-state index is 0.0492. The number of carbonyl (C=O) groups is 2. The highest BCUT2D eigenvalue weighted by molar-refractivity contribution is 7.92. The number of benzene rings is 2. The van der Waals surface area contributed by atoms with Crippen molar-refractivity contribution in [3.8, 4) is 0 Å². The number of rotatable bonds is 6. The van der Waals surface area contributed by atoms with Crippen LogP contribution < -0.4 is 14.9 Å². The van der Waals surface area contributed by atoms with E-state index in [0.29, 0.717) is 17.8 Å². The lowest BCUT2D eigenvalue weighted by Crippen LogP contribution is -2.25. The van der Waals surface area contributed by atoms with Crippen molar-refractivity contribution in [3.63, 3.8) is 0 Å². The number of amides is 2. The number of para-hydroxylation sites is 1. The van der Waals surface area contributed by atoms with Crippen LogP contribution in [-0.4, -0.2) is 33.8 Å². The summed E-state index contributed by atoms with van der Waals surface area (Å²) in [5.74, 6) is -0.415. The molecule has 7 nitrogen and oxygen atoms in total. The minimum atomic E-state index is -3.91. The molecule has 2 amide bonds. The van der Waals surface area contributed by atoms with E-state index < -0.39 is 10.0 Å². The zero-order valence-electron chi connectivity index (χ0n) is 15.2. The van der Waals surface area contributed by atoms with Crippen molar-refractivity contribution in [2.24, 2.45) is 0 Å². The van der Waals surface area contributed by atoms with E-state index in [9.17, 15) is 18.0 Å². The molecule has 1 heterocycles. The third kappa shape index (κ3) is 3.80. The monoisotopic (exact) mass is 387 g/mol. The Morgan fingerprint density at radius 2 is 1.93 bits per heavy atom. The fourth-order valence-electron chi connectivity index (χ4n) is 2.92. The Hall–Kier alpha value is -2.87. The summed E-state index contributed by atoms with van der Waals surface area (Å²) in [6.45, 7) is 2.44. The zero-order valence-corrected chi connectivity index (χ0v) is 16.0. The molecule has 0 aromatic heterocycles. The summed E-state index contributed by atoms with van der Waals surface area (Å²) in [5.41, 5.74) is 1.84. The first kappa shape index (κ1) is 18.9. The van der Waals surface area contributed by atoms with Gasteiger partial charge in [0.15, 0.2) is 0 Å². The van der Waals surface area contributed by atoms with Crippen molar-refractivity contribution in [2.45, 2.75) is 24.7 Å². The van der Waals surface area contributed by atoms with Gasteiger partial charge < -0.3 is 10.2 Å². The number of carbonyl (C=O) groups excluding carboxylic acids is 2. The number of sulfonamides is 1. The lowest BCUT2D eigenvalue weighted by Gasteiger charge is -2.14. The van der Waals surface area contributed by atoms with Gasteiger partial charge in [-0.25, -0.2) is 8.42 Å². The van der Waals surface area contributed by atoms with Crippen molar-refractivity contribution in [1.29, 1.82) is 0 Å². The molecule has 0 saturated heterocycles. The highest BCUT2D eigenvalue weighted by Gasteiger charge is 2.26. The van der Waals surface area contributed by atoms with Crippen molar-refractivity contribution in [3.05, 3.63) is 53.6 Å². The second-order valence-electron chi connectivity index (χ2n) is 6.33. The molecular weight excluding hydrogens is 366 g/mol. The van der Waals surface area contributed by atoms with E-state index in [4.69, 9.17) is 0 Å².